The van der Waals surface area contributed by atoms with Crippen LogP contribution in [0.4, 0.5) is 5.69 Å². The molecule has 10 heteroatoms. The van der Waals surface area contributed by atoms with E-state index >= 15 is 0 Å². The molecule has 172 valence electrons. The summed E-state index contributed by atoms with van der Waals surface area (Å²) in [6.45, 7) is 0.863. The molecule has 1 saturated heterocycles. The lowest BCUT2D eigenvalue weighted by atomic mass is 10.1. The minimum Gasteiger partial charge on any atom is -0.456 e. The van der Waals surface area contributed by atoms with E-state index in [1.807, 2.05) is 0 Å². The fourth-order valence-electron chi connectivity index (χ4n) is 3.25. The molecule has 7 nitrogen and oxygen atoms in total. The summed E-state index contributed by atoms with van der Waals surface area (Å²) >= 11 is 12.2. The molecule has 1 N–H and O–H groups in total. The third-order valence-electron chi connectivity index (χ3n) is 5.12. The van der Waals surface area contributed by atoms with E-state index in [9.17, 15) is 13.2 Å². The number of likely N-dealkylation sites (tertiary alicyclic amines) is 1. The standard InChI is InChI=1S/C23H20Cl2N2O5S/c1-31-17-13-27(14-17)23(28)19-12-15(24)6-11-21(19)26-33(29,30)18-9-7-16(8-10-18)32-22-5-3-2-4-20(22)25/h2-12,17,26H,13-14H2,1H3. The van der Waals surface area contributed by atoms with Gasteiger partial charge in [-0.3, -0.25) is 9.52 Å². The Morgan fingerprint density at radius 2 is 1.73 bits per heavy atom. The van der Waals surface area contributed by atoms with E-state index in [4.69, 9.17) is 32.7 Å². The van der Waals surface area contributed by atoms with Crippen LogP contribution in [0.5, 0.6) is 11.5 Å². The van der Waals surface area contributed by atoms with Gasteiger partial charge < -0.3 is 14.4 Å². The maximum absolute atomic E-state index is 13.0. The third kappa shape index (κ3) is 5.25. The van der Waals surface area contributed by atoms with Gasteiger partial charge in [-0.25, -0.2) is 8.42 Å². The van der Waals surface area contributed by atoms with E-state index in [1.54, 1.807) is 36.3 Å². The number of nitrogens with one attached hydrogen (secondary N) is 1. The summed E-state index contributed by atoms with van der Waals surface area (Å²) < 4.78 is 39.4. The quantitative estimate of drug-likeness (QED) is 0.484. The summed E-state index contributed by atoms with van der Waals surface area (Å²) in [5, 5.41) is 0.765. The van der Waals surface area contributed by atoms with Crippen LogP contribution in [-0.4, -0.2) is 45.5 Å². The van der Waals surface area contributed by atoms with Crippen molar-refractivity contribution in [3.05, 3.63) is 82.3 Å². The maximum atomic E-state index is 13.0. The van der Waals surface area contributed by atoms with E-state index in [1.165, 1.54) is 42.5 Å². The molecule has 0 radical (unpaired) electrons. The summed E-state index contributed by atoms with van der Waals surface area (Å²) in [6.07, 6.45) is -0.0280. The van der Waals surface area contributed by atoms with Crippen molar-refractivity contribution in [2.75, 3.05) is 24.9 Å². The number of carbonyl (C=O) groups excluding carboxylic acids is 1. The Kier molecular flexibility index (Phi) is 6.81. The van der Waals surface area contributed by atoms with Crippen molar-refractivity contribution in [1.82, 2.24) is 4.90 Å². The average molecular weight is 507 g/mol. The zero-order valence-electron chi connectivity index (χ0n) is 17.5. The molecule has 0 aliphatic carbocycles. The minimum atomic E-state index is -3.98. The molecule has 0 bridgehead atoms. The van der Waals surface area contributed by atoms with Crippen molar-refractivity contribution in [1.29, 1.82) is 0 Å². The smallest absolute Gasteiger partial charge is 0.261 e. The van der Waals surface area contributed by atoms with Crippen LogP contribution in [-0.2, 0) is 14.8 Å². The number of halogens is 2. The lowest BCUT2D eigenvalue weighted by Gasteiger charge is -2.38. The highest BCUT2D eigenvalue weighted by atomic mass is 35.5. The second-order valence-corrected chi connectivity index (χ2v) is 9.89. The Bertz CT molecular complexity index is 1280. The topological polar surface area (TPSA) is 84.9 Å². The number of rotatable bonds is 7. The molecule has 33 heavy (non-hydrogen) atoms. The van der Waals surface area contributed by atoms with E-state index in [-0.39, 0.29) is 28.2 Å². The van der Waals surface area contributed by atoms with E-state index < -0.39 is 10.0 Å². The Labute approximate surface area is 201 Å². The molecule has 0 spiro atoms. The monoisotopic (exact) mass is 506 g/mol. The van der Waals surface area contributed by atoms with E-state index in [0.29, 0.717) is 34.6 Å². The number of nitrogens with zero attached hydrogens (tertiary/aromatic N) is 1. The highest BCUT2D eigenvalue weighted by Crippen LogP contribution is 2.30. The van der Waals surface area contributed by atoms with Gasteiger partial charge in [-0.2, -0.15) is 0 Å². The first kappa shape index (κ1) is 23.4. The minimum absolute atomic E-state index is 0.00533. The van der Waals surface area contributed by atoms with Crippen molar-refractivity contribution < 1.29 is 22.7 Å². The number of ether oxygens (including phenoxy) is 2. The van der Waals surface area contributed by atoms with Crippen LogP contribution in [0.3, 0.4) is 0 Å². The van der Waals surface area contributed by atoms with Gasteiger partial charge in [0.25, 0.3) is 15.9 Å². The highest BCUT2D eigenvalue weighted by Gasteiger charge is 2.32. The van der Waals surface area contributed by atoms with Crippen LogP contribution in [0, 0.1) is 0 Å². The van der Waals surface area contributed by atoms with Crippen LogP contribution in [0.15, 0.2) is 71.6 Å². The van der Waals surface area contributed by atoms with E-state index in [2.05, 4.69) is 4.72 Å². The molecule has 0 atom stereocenters. The van der Waals surface area contributed by atoms with Crippen LogP contribution in [0.1, 0.15) is 10.4 Å². The van der Waals surface area contributed by atoms with Crippen molar-refractivity contribution in [2.24, 2.45) is 0 Å². The zero-order valence-corrected chi connectivity index (χ0v) is 19.8. The van der Waals surface area contributed by atoms with Gasteiger partial charge in [-0.15, -0.1) is 0 Å². The van der Waals surface area contributed by atoms with Crippen LogP contribution < -0.4 is 9.46 Å². The number of hydrogen-bond acceptors (Lipinski definition) is 5. The first-order valence-electron chi connectivity index (χ1n) is 9.94. The van der Waals surface area contributed by atoms with Gasteiger partial charge >= 0.3 is 0 Å². The summed E-state index contributed by atoms with van der Waals surface area (Å²) in [5.74, 6) is 0.556. The molecular formula is C23H20Cl2N2O5S. The molecular weight excluding hydrogens is 487 g/mol. The second-order valence-electron chi connectivity index (χ2n) is 7.37. The molecule has 1 amide bonds. The number of para-hydroxylation sites is 1. The lowest BCUT2D eigenvalue weighted by Crippen LogP contribution is -2.54. The van der Waals surface area contributed by atoms with Crippen LogP contribution >= 0.6 is 23.2 Å². The Balaban J connectivity index is 1.53. The molecule has 1 fully saturated rings. The van der Waals surface area contributed by atoms with E-state index in [0.717, 1.165) is 0 Å². The van der Waals surface area contributed by atoms with Gasteiger partial charge in [0.2, 0.25) is 0 Å². The summed E-state index contributed by atoms with van der Waals surface area (Å²) in [4.78, 5) is 14.5. The average Bonchev–Trinajstić information content (AvgIpc) is 2.76. The molecule has 1 aliphatic heterocycles. The Hall–Kier alpha value is -2.78. The molecule has 1 heterocycles. The molecule has 3 aromatic carbocycles. The second kappa shape index (κ2) is 9.61. The number of carbonyl (C=O) groups is 1. The van der Waals surface area contributed by atoms with Crippen molar-refractivity contribution in [3.8, 4) is 11.5 Å². The van der Waals surface area contributed by atoms with Gasteiger partial charge in [0, 0.05) is 25.2 Å². The number of methoxy groups -OCH3 is 1. The van der Waals surface area contributed by atoms with Crippen molar-refractivity contribution in [2.45, 2.75) is 11.0 Å². The number of benzene rings is 3. The summed E-state index contributed by atoms with van der Waals surface area (Å²) in [7, 11) is -2.40. The molecule has 0 aromatic heterocycles. The normalized spacial score (nSPS) is 14.0. The van der Waals surface area contributed by atoms with Gasteiger partial charge in [0.05, 0.1) is 27.3 Å². The molecule has 1 aliphatic rings. The molecule has 0 unspecified atom stereocenters. The van der Waals surface area contributed by atoms with Crippen molar-refractivity contribution in [3.63, 3.8) is 0 Å². The Morgan fingerprint density at radius 3 is 2.39 bits per heavy atom. The SMILES string of the molecule is COC1CN(C(=O)c2cc(Cl)ccc2NS(=O)(=O)c2ccc(Oc3ccccc3Cl)cc2)C1. The van der Waals surface area contributed by atoms with Gasteiger partial charge in [0.1, 0.15) is 11.5 Å². The number of sulfonamides is 1. The highest BCUT2D eigenvalue weighted by molar-refractivity contribution is 7.92. The first-order chi connectivity index (χ1) is 15.8. The van der Waals surface area contributed by atoms with Gasteiger partial charge in [-0.1, -0.05) is 35.3 Å². The molecule has 4 rings (SSSR count). The molecule has 0 saturated carbocycles. The van der Waals surface area contributed by atoms with Crippen molar-refractivity contribution >= 4 is 44.8 Å². The number of anilines is 1. The maximum Gasteiger partial charge on any atom is 0.261 e. The number of amides is 1. The summed E-state index contributed by atoms with van der Waals surface area (Å²) in [6, 6.07) is 17.3. The van der Waals surface area contributed by atoms with Gasteiger partial charge in [-0.05, 0) is 54.6 Å². The fraction of sp³-hybridized carbons (Fsp3) is 0.174. The fourth-order valence-corrected chi connectivity index (χ4v) is 4.68. The summed E-state index contributed by atoms with van der Waals surface area (Å²) in [5.41, 5.74) is 0.306. The first-order valence-corrected chi connectivity index (χ1v) is 12.2. The largest absolute Gasteiger partial charge is 0.456 e. The van der Waals surface area contributed by atoms with Crippen LogP contribution in [0.25, 0.3) is 0 Å². The lowest BCUT2D eigenvalue weighted by molar-refractivity contribution is -0.0191. The Morgan fingerprint density at radius 1 is 1.03 bits per heavy atom. The number of hydrogen-bond donors (Lipinski definition) is 1. The van der Waals surface area contributed by atoms with Gasteiger partial charge in [0.15, 0.2) is 0 Å². The predicted octanol–water partition coefficient (Wildman–Crippen LogP) is 5.06. The predicted molar refractivity (Wildman–Crippen MR) is 127 cm³/mol. The third-order valence-corrected chi connectivity index (χ3v) is 7.05. The zero-order chi connectivity index (χ0) is 23.6. The molecule has 3 aromatic rings. The van der Waals surface area contributed by atoms with Crippen LogP contribution in [0.2, 0.25) is 10.0 Å².